The first kappa shape index (κ1) is 17.5. The van der Waals surface area contributed by atoms with Crippen LogP contribution in [0.25, 0.3) is 0 Å². The standard InChI is InChI=1S/C19H26N4O2/c1-14-12-23(13-16-7-5-4-6-8-16)10-9-17(14)22(3)19(24)20-18-11-15(2)25-21-18/h4-8,11,14,17H,9-10,12-13H2,1-3H3,(H,20,21,24)/t14-,17+/m1/s1. The third-order valence-corrected chi connectivity index (χ3v) is 4.87. The molecule has 0 aliphatic carbocycles. The zero-order chi connectivity index (χ0) is 17.8. The van der Waals surface area contributed by atoms with Crippen LogP contribution in [0.15, 0.2) is 40.9 Å². The highest BCUT2D eigenvalue weighted by atomic mass is 16.5. The molecule has 1 fully saturated rings. The Morgan fingerprint density at radius 3 is 2.80 bits per heavy atom. The van der Waals surface area contributed by atoms with E-state index < -0.39 is 0 Å². The van der Waals surface area contributed by atoms with Gasteiger partial charge in [-0.05, 0) is 24.8 Å². The van der Waals surface area contributed by atoms with E-state index in [9.17, 15) is 4.79 Å². The van der Waals surface area contributed by atoms with Crippen LogP contribution in [0.4, 0.5) is 10.6 Å². The molecule has 1 aliphatic heterocycles. The fraction of sp³-hybridized carbons (Fsp3) is 0.474. The maximum absolute atomic E-state index is 12.5. The van der Waals surface area contributed by atoms with E-state index in [2.05, 4.69) is 46.6 Å². The SMILES string of the molecule is Cc1cc(NC(=O)N(C)[C@H]2CCN(Cc3ccccc3)C[C@H]2C)no1. The van der Waals surface area contributed by atoms with Gasteiger partial charge in [0.2, 0.25) is 0 Å². The molecule has 2 atom stereocenters. The first-order valence-electron chi connectivity index (χ1n) is 8.76. The fourth-order valence-electron chi connectivity index (χ4n) is 3.55. The van der Waals surface area contributed by atoms with Gasteiger partial charge in [0, 0.05) is 38.8 Å². The quantitative estimate of drug-likeness (QED) is 0.925. The summed E-state index contributed by atoms with van der Waals surface area (Å²) >= 11 is 0. The molecule has 0 unspecified atom stereocenters. The molecule has 3 rings (SSSR count). The Kier molecular flexibility index (Phi) is 5.38. The summed E-state index contributed by atoms with van der Waals surface area (Å²) in [5, 5.41) is 6.62. The summed E-state index contributed by atoms with van der Waals surface area (Å²) in [4.78, 5) is 16.7. The van der Waals surface area contributed by atoms with E-state index in [1.807, 2.05) is 13.1 Å². The number of aromatic nitrogens is 1. The Hall–Kier alpha value is -2.34. The second-order valence-corrected chi connectivity index (χ2v) is 6.92. The summed E-state index contributed by atoms with van der Waals surface area (Å²) in [5.74, 6) is 1.55. The van der Waals surface area contributed by atoms with Crippen LogP contribution in [-0.2, 0) is 6.54 Å². The first-order valence-corrected chi connectivity index (χ1v) is 8.76. The highest BCUT2D eigenvalue weighted by Gasteiger charge is 2.31. The number of hydrogen-bond donors (Lipinski definition) is 1. The topological polar surface area (TPSA) is 61.6 Å². The van der Waals surface area contributed by atoms with E-state index in [1.54, 1.807) is 17.9 Å². The number of anilines is 1. The molecule has 1 N–H and O–H groups in total. The fourth-order valence-corrected chi connectivity index (χ4v) is 3.55. The van der Waals surface area contributed by atoms with Gasteiger partial charge in [-0.3, -0.25) is 10.2 Å². The Morgan fingerprint density at radius 2 is 2.16 bits per heavy atom. The van der Waals surface area contributed by atoms with E-state index in [0.717, 1.165) is 26.1 Å². The number of aryl methyl sites for hydroxylation is 1. The van der Waals surface area contributed by atoms with Crippen molar-refractivity contribution >= 4 is 11.8 Å². The minimum Gasteiger partial charge on any atom is -0.360 e. The molecule has 25 heavy (non-hydrogen) atoms. The van der Waals surface area contributed by atoms with Crippen molar-refractivity contribution in [2.45, 2.75) is 32.9 Å². The number of benzene rings is 1. The minimum absolute atomic E-state index is 0.137. The molecular formula is C19H26N4O2. The summed E-state index contributed by atoms with van der Waals surface area (Å²) in [5.41, 5.74) is 1.33. The molecule has 1 saturated heterocycles. The van der Waals surface area contributed by atoms with Gasteiger partial charge in [-0.2, -0.15) is 0 Å². The number of carbonyl (C=O) groups is 1. The smallest absolute Gasteiger partial charge is 0.323 e. The second-order valence-electron chi connectivity index (χ2n) is 6.92. The van der Waals surface area contributed by atoms with Crippen molar-refractivity contribution < 1.29 is 9.32 Å². The Bertz CT molecular complexity index is 700. The summed E-state index contributed by atoms with van der Waals surface area (Å²) < 4.78 is 4.99. The van der Waals surface area contributed by atoms with E-state index in [1.165, 1.54) is 5.56 Å². The number of hydrogen-bond acceptors (Lipinski definition) is 4. The van der Waals surface area contributed by atoms with Crippen LogP contribution in [0.3, 0.4) is 0 Å². The van der Waals surface area contributed by atoms with Gasteiger partial charge in [0.05, 0.1) is 0 Å². The molecule has 0 spiro atoms. The zero-order valence-electron chi connectivity index (χ0n) is 15.1. The number of carbonyl (C=O) groups excluding carboxylic acids is 1. The van der Waals surface area contributed by atoms with Crippen LogP contribution >= 0.6 is 0 Å². The number of urea groups is 1. The average molecular weight is 342 g/mol. The monoisotopic (exact) mass is 342 g/mol. The van der Waals surface area contributed by atoms with Crippen LogP contribution in [0.2, 0.25) is 0 Å². The molecule has 2 aromatic rings. The molecule has 2 heterocycles. The first-order chi connectivity index (χ1) is 12.0. The molecule has 134 valence electrons. The highest BCUT2D eigenvalue weighted by Crippen LogP contribution is 2.23. The predicted molar refractivity (Wildman–Crippen MR) is 97.3 cm³/mol. The normalized spacial score (nSPS) is 21.1. The van der Waals surface area contributed by atoms with Crippen molar-refractivity contribution in [2.75, 3.05) is 25.5 Å². The third kappa shape index (κ3) is 4.39. The van der Waals surface area contributed by atoms with E-state index in [-0.39, 0.29) is 12.1 Å². The van der Waals surface area contributed by atoms with Gasteiger partial charge < -0.3 is 9.42 Å². The highest BCUT2D eigenvalue weighted by molar-refractivity contribution is 5.88. The van der Waals surface area contributed by atoms with Crippen molar-refractivity contribution in [2.24, 2.45) is 5.92 Å². The molecule has 1 aromatic carbocycles. The van der Waals surface area contributed by atoms with E-state index >= 15 is 0 Å². The summed E-state index contributed by atoms with van der Waals surface area (Å²) in [6, 6.07) is 12.3. The maximum atomic E-state index is 12.5. The van der Waals surface area contributed by atoms with Crippen molar-refractivity contribution in [3.8, 4) is 0 Å². The molecule has 2 amide bonds. The summed E-state index contributed by atoms with van der Waals surface area (Å²) in [6.45, 7) is 6.96. The van der Waals surface area contributed by atoms with Crippen molar-refractivity contribution in [1.29, 1.82) is 0 Å². The molecule has 0 bridgehead atoms. The Labute approximate surface area is 148 Å². The molecule has 0 radical (unpaired) electrons. The number of rotatable bonds is 4. The van der Waals surface area contributed by atoms with Crippen LogP contribution in [0.1, 0.15) is 24.7 Å². The summed E-state index contributed by atoms with van der Waals surface area (Å²) in [6.07, 6.45) is 0.968. The lowest BCUT2D eigenvalue weighted by Crippen LogP contribution is -2.51. The third-order valence-electron chi connectivity index (χ3n) is 4.87. The van der Waals surface area contributed by atoms with Gasteiger partial charge in [0.15, 0.2) is 5.82 Å². The van der Waals surface area contributed by atoms with E-state index in [0.29, 0.717) is 17.5 Å². The van der Waals surface area contributed by atoms with Crippen molar-refractivity contribution in [3.05, 3.63) is 47.7 Å². The number of likely N-dealkylation sites (tertiary alicyclic amines) is 1. The lowest BCUT2D eigenvalue weighted by molar-refractivity contribution is 0.0933. The average Bonchev–Trinajstić information content (AvgIpc) is 3.00. The predicted octanol–water partition coefficient (Wildman–Crippen LogP) is 3.36. The number of amides is 2. The van der Waals surface area contributed by atoms with Crippen LogP contribution in [0, 0.1) is 12.8 Å². The van der Waals surface area contributed by atoms with Gasteiger partial charge >= 0.3 is 6.03 Å². The van der Waals surface area contributed by atoms with E-state index in [4.69, 9.17) is 4.52 Å². The minimum atomic E-state index is -0.137. The van der Waals surface area contributed by atoms with Crippen LogP contribution in [0.5, 0.6) is 0 Å². The number of nitrogens with zero attached hydrogens (tertiary/aromatic N) is 3. The van der Waals surface area contributed by atoms with Gasteiger partial charge in [-0.1, -0.05) is 42.4 Å². The Balaban J connectivity index is 1.54. The van der Waals surface area contributed by atoms with Gasteiger partial charge in [0.1, 0.15) is 5.76 Å². The molecule has 1 aliphatic rings. The van der Waals surface area contributed by atoms with Crippen LogP contribution < -0.4 is 5.32 Å². The van der Waals surface area contributed by atoms with Crippen LogP contribution in [-0.4, -0.2) is 47.2 Å². The zero-order valence-corrected chi connectivity index (χ0v) is 15.1. The molecule has 6 heteroatoms. The van der Waals surface area contributed by atoms with Crippen molar-refractivity contribution in [3.63, 3.8) is 0 Å². The lowest BCUT2D eigenvalue weighted by atomic mass is 9.92. The van der Waals surface area contributed by atoms with Gasteiger partial charge in [0.25, 0.3) is 0 Å². The summed E-state index contributed by atoms with van der Waals surface area (Å²) in [7, 11) is 1.86. The Morgan fingerprint density at radius 1 is 1.40 bits per heavy atom. The number of piperidine rings is 1. The molecular weight excluding hydrogens is 316 g/mol. The van der Waals surface area contributed by atoms with Gasteiger partial charge in [-0.25, -0.2) is 4.79 Å². The largest absolute Gasteiger partial charge is 0.360 e. The molecule has 0 saturated carbocycles. The maximum Gasteiger partial charge on any atom is 0.323 e. The van der Waals surface area contributed by atoms with Gasteiger partial charge in [-0.15, -0.1) is 0 Å². The molecule has 1 aromatic heterocycles. The number of nitrogens with one attached hydrogen (secondary N) is 1. The molecule has 6 nitrogen and oxygen atoms in total. The second kappa shape index (κ2) is 7.70. The van der Waals surface area contributed by atoms with Crippen molar-refractivity contribution in [1.82, 2.24) is 15.0 Å². The lowest BCUT2D eigenvalue weighted by Gasteiger charge is -2.41.